The third-order valence-electron chi connectivity index (χ3n) is 4.30. The van der Waals surface area contributed by atoms with E-state index in [2.05, 4.69) is 4.90 Å². The lowest BCUT2D eigenvalue weighted by Crippen LogP contribution is -2.44. The molecule has 2 fully saturated rings. The van der Waals surface area contributed by atoms with Gasteiger partial charge in [0.1, 0.15) is 0 Å². The van der Waals surface area contributed by atoms with Gasteiger partial charge in [0, 0.05) is 12.6 Å². The van der Waals surface area contributed by atoms with E-state index in [0.717, 1.165) is 12.5 Å². The standard InChI is InChI=1S/C13H26N2/c14-11-13(15-9-5-6-10-15)12-7-3-1-2-4-8-12/h12-13H,1-11,14H2. The van der Waals surface area contributed by atoms with Gasteiger partial charge in [-0.2, -0.15) is 0 Å². The summed E-state index contributed by atoms with van der Waals surface area (Å²) in [6.45, 7) is 3.49. The maximum absolute atomic E-state index is 5.99. The van der Waals surface area contributed by atoms with E-state index < -0.39 is 0 Å². The first kappa shape index (κ1) is 11.4. The Kier molecular flexibility index (Phi) is 4.45. The maximum atomic E-state index is 5.99. The fourth-order valence-electron chi connectivity index (χ4n) is 3.41. The largest absolute Gasteiger partial charge is 0.329 e. The van der Waals surface area contributed by atoms with Crippen LogP contribution < -0.4 is 5.73 Å². The molecule has 88 valence electrons. The van der Waals surface area contributed by atoms with Crippen LogP contribution in [0.4, 0.5) is 0 Å². The van der Waals surface area contributed by atoms with Gasteiger partial charge in [-0.3, -0.25) is 4.90 Å². The fraction of sp³-hybridized carbons (Fsp3) is 1.00. The van der Waals surface area contributed by atoms with Crippen LogP contribution in [0.3, 0.4) is 0 Å². The lowest BCUT2D eigenvalue weighted by atomic mass is 9.91. The van der Waals surface area contributed by atoms with Gasteiger partial charge in [-0.1, -0.05) is 25.7 Å². The molecule has 0 aromatic rings. The minimum absolute atomic E-state index is 0.700. The average Bonchev–Trinajstić information content (AvgIpc) is 2.63. The summed E-state index contributed by atoms with van der Waals surface area (Å²) in [7, 11) is 0. The van der Waals surface area contributed by atoms with Crippen LogP contribution in [0, 0.1) is 5.92 Å². The van der Waals surface area contributed by atoms with Gasteiger partial charge >= 0.3 is 0 Å². The summed E-state index contributed by atoms with van der Waals surface area (Å²) in [5.74, 6) is 0.899. The number of hydrogen-bond donors (Lipinski definition) is 1. The van der Waals surface area contributed by atoms with E-state index >= 15 is 0 Å². The van der Waals surface area contributed by atoms with Gasteiger partial charge in [0.15, 0.2) is 0 Å². The van der Waals surface area contributed by atoms with Crippen LogP contribution in [0.5, 0.6) is 0 Å². The molecule has 2 N–H and O–H groups in total. The normalized spacial score (nSPS) is 27.8. The molecule has 2 heteroatoms. The van der Waals surface area contributed by atoms with Crippen molar-refractivity contribution in [2.75, 3.05) is 19.6 Å². The molecule has 2 aliphatic rings. The van der Waals surface area contributed by atoms with Crippen LogP contribution in [0.2, 0.25) is 0 Å². The molecule has 0 aromatic heterocycles. The molecule has 0 bridgehead atoms. The fourth-order valence-corrected chi connectivity index (χ4v) is 3.41. The molecule has 0 radical (unpaired) electrons. The number of rotatable bonds is 3. The molecule has 1 saturated carbocycles. The predicted molar refractivity (Wildman–Crippen MR) is 64.8 cm³/mol. The van der Waals surface area contributed by atoms with E-state index in [0.29, 0.717) is 6.04 Å². The van der Waals surface area contributed by atoms with E-state index in [-0.39, 0.29) is 0 Å². The summed E-state index contributed by atoms with van der Waals surface area (Å²) in [5.41, 5.74) is 5.99. The Morgan fingerprint density at radius 2 is 1.53 bits per heavy atom. The van der Waals surface area contributed by atoms with Gasteiger partial charge in [0.2, 0.25) is 0 Å². The van der Waals surface area contributed by atoms with Crippen molar-refractivity contribution in [3.8, 4) is 0 Å². The lowest BCUT2D eigenvalue weighted by Gasteiger charge is -2.33. The smallest absolute Gasteiger partial charge is 0.0246 e. The topological polar surface area (TPSA) is 29.3 Å². The number of hydrogen-bond acceptors (Lipinski definition) is 2. The Bertz CT molecular complexity index is 167. The van der Waals surface area contributed by atoms with Crippen LogP contribution >= 0.6 is 0 Å². The maximum Gasteiger partial charge on any atom is 0.0246 e. The minimum Gasteiger partial charge on any atom is -0.329 e. The zero-order chi connectivity index (χ0) is 10.5. The van der Waals surface area contributed by atoms with Gasteiger partial charge in [0.05, 0.1) is 0 Å². The molecule has 2 rings (SSSR count). The van der Waals surface area contributed by atoms with Crippen LogP contribution in [0.25, 0.3) is 0 Å². The quantitative estimate of drug-likeness (QED) is 0.725. The summed E-state index contributed by atoms with van der Waals surface area (Å²) in [4.78, 5) is 2.66. The summed E-state index contributed by atoms with van der Waals surface area (Å²) in [5, 5.41) is 0. The average molecular weight is 210 g/mol. The van der Waals surface area contributed by atoms with Crippen LogP contribution in [-0.2, 0) is 0 Å². The van der Waals surface area contributed by atoms with Gasteiger partial charge in [-0.25, -0.2) is 0 Å². The van der Waals surface area contributed by atoms with Crippen LogP contribution in [-0.4, -0.2) is 30.6 Å². The van der Waals surface area contributed by atoms with Crippen molar-refractivity contribution in [1.29, 1.82) is 0 Å². The summed E-state index contributed by atoms with van der Waals surface area (Å²) in [6.07, 6.45) is 11.4. The highest BCUT2D eigenvalue weighted by atomic mass is 15.2. The van der Waals surface area contributed by atoms with Gasteiger partial charge < -0.3 is 5.73 Å². The van der Waals surface area contributed by atoms with E-state index in [1.54, 1.807) is 0 Å². The van der Waals surface area contributed by atoms with Gasteiger partial charge in [-0.15, -0.1) is 0 Å². The minimum atomic E-state index is 0.700. The Balaban J connectivity index is 1.91. The summed E-state index contributed by atoms with van der Waals surface area (Å²) < 4.78 is 0. The molecule has 15 heavy (non-hydrogen) atoms. The van der Waals surface area contributed by atoms with E-state index in [4.69, 9.17) is 5.73 Å². The van der Waals surface area contributed by atoms with Crippen LogP contribution in [0.15, 0.2) is 0 Å². The Morgan fingerprint density at radius 3 is 2.07 bits per heavy atom. The first-order valence-electron chi connectivity index (χ1n) is 6.86. The molecule has 1 aliphatic heterocycles. The molecule has 0 spiro atoms. The third kappa shape index (κ3) is 2.94. The molecule has 0 amide bonds. The lowest BCUT2D eigenvalue weighted by molar-refractivity contribution is 0.166. The van der Waals surface area contributed by atoms with E-state index in [9.17, 15) is 0 Å². The van der Waals surface area contributed by atoms with Gasteiger partial charge in [-0.05, 0) is 44.7 Å². The monoisotopic (exact) mass is 210 g/mol. The second kappa shape index (κ2) is 5.86. The van der Waals surface area contributed by atoms with E-state index in [1.165, 1.54) is 64.5 Å². The first-order valence-corrected chi connectivity index (χ1v) is 6.86. The second-order valence-corrected chi connectivity index (χ2v) is 5.30. The Hall–Kier alpha value is -0.0800. The predicted octanol–water partition coefficient (Wildman–Crippen LogP) is 2.38. The molecular weight excluding hydrogens is 184 g/mol. The highest BCUT2D eigenvalue weighted by molar-refractivity contribution is 4.84. The van der Waals surface area contributed by atoms with Crippen molar-refractivity contribution in [3.63, 3.8) is 0 Å². The zero-order valence-electron chi connectivity index (χ0n) is 9.96. The summed E-state index contributed by atoms with van der Waals surface area (Å²) >= 11 is 0. The van der Waals surface area contributed by atoms with Crippen LogP contribution in [0.1, 0.15) is 51.4 Å². The zero-order valence-corrected chi connectivity index (χ0v) is 9.96. The second-order valence-electron chi connectivity index (χ2n) is 5.30. The molecule has 1 saturated heterocycles. The first-order chi connectivity index (χ1) is 7.42. The molecule has 1 atom stereocenters. The number of likely N-dealkylation sites (tertiary alicyclic amines) is 1. The molecule has 1 aliphatic carbocycles. The molecule has 2 nitrogen and oxygen atoms in total. The van der Waals surface area contributed by atoms with E-state index in [1.807, 2.05) is 0 Å². The Labute approximate surface area is 94.2 Å². The summed E-state index contributed by atoms with van der Waals surface area (Å²) in [6, 6.07) is 0.700. The van der Waals surface area contributed by atoms with Crippen molar-refractivity contribution >= 4 is 0 Å². The molecule has 0 aromatic carbocycles. The molecular formula is C13H26N2. The van der Waals surface area contributed by atoms with Crippen molar-refractivity contribution in [2.45, 2.75) is 57.4 Å². The van der Waals surface area contributed by atoms with Crippen molar-refractivity contribution in [3.05, 3.63) is 0 Å². The van der Waals surface area contributed by atoms with Crippen molar-refractivity contribution < 1.29 is 0 Å². The van der Waals surface area contributed by atoms with Crippen molar-refractivity contribution in [2.24, 2.45) is 11.7 Å². The SMILES string of the molecule is NCC(C1CCCCCC1)N1CCCC1. The molecule has 1 heterocycles. The number of nitrogens with two attached hydrogens (primary N) is 1. The molecule has 1 unspecified atom stereocenters. The highest BCUT2D eigenvalue weighted by Gasteiger charge is 2.28. The van der Waals surface area contributed by atoms with Gasteiger partial charge in [0.25, 0.3) is 0 Å². The number of nitrogens with zero attached hydrogens (tertiary/aromatic N) is 1. The Morgan fingerprint density at radius 1 is 0.933 bits per heavy atom. The van der Waals surface area contributed by atoms with Crippen molar-refractivity contribution in [1.82, 2.24) is 4.90 Å². The highest BCUT2D eigenvalue weighted by Crippen LogP contribution is 2.29. The third-order valence-corrected chi connectivity index (χ3v) is 4.30.